The Kier molecular flexibility index (Phi) is 3.88. The van der Waals surface area contributed by atoms with Crippen LogP contribution in [0.25, 0.3) is 0 Å². The van der Waals surface area contributed by atoms with Gasteiger partial charge in [0.1, 0.15) is 0 Å². The molecule has 0 amide bonds. The zero-order valence-corrected chi connectivity index (χ0v) is 9.77. The summed E-state index contributed by atoms with van der Waals surface area (Å²) in [5.74, 6) is 0.583. The van der Waals surface area contributed by atoms with E-state index in [2.05, 4.69) is 18.9 Å². The Labute approximate surface area is 91.1 Å². The molecule has 0 aliphatic heterocycles. The first kappa shape index (κ1) is 12.2. The van der Waals surface area contributed by atoms with E-state index in [9.17, 15) is 0 Å². The Morgan fingerprint density at radius 3 is 2.80 bits per heavy atom. The number of rotatable bonds is 5. The molecule has 1 unspecified atom stereocenters. The Morgan fingerprint density at radius 1 is 1.60 bits per heavy atom. The highest BCUT2D eigenvalue weighted by molar-refractivity contribution is 5.08. The summed E-state index contributed by atoms with van der Waals surface area (Å²) in [7, 11) is 0. The summed E-state index contributed by atoms with van der Waals surface area (Å²) < 4.78 is 1.92. The maximum atomic E-state index is 9.06. The monoisotopic (exact) mass is 211 g/mol. The fourth-order valence-electron chi connectivity index (χ4n) is 1.49. The molecule has 0 aliphatic rings. The molecule has 0 bridgehead atoms. The quantitative estimate of drug-likeness (QED) is 0.757. The summed E-state index contributed by atoms with van der Waals surface area (Å²) in [5, 5.41) is 13.3. The van der Waals surface area contributed by atoms with E-state index in [4.69, 9.17) is 10.8 Å². The van der Waals surface area contributed by atoms with Crippen molar-refractivity contribution in [1.29, 1.82) is 0 Å². The molecule has 1 aromatic heterocycles. The summed E-state index contributed by atoms with van der Waals surface area (Å²) in [6.45, 7) is 7.06. The standard InChI is InChI=1S/C11H21N3O/c1-9(2)6-14-7-10(5-13-14)4-11(3,12)8-15/h5,7,9,15H,4,6,8,12H2,1-3H3. The SMILES string of the molecule is CC(C)Cn1cc(CC(C)(N)CO)cn1. The molecule has 0 aliphatic carbocycles. The minimum absolute atomic E-state index is 0.0115. The van der Waals surface area contributed by atoms with Crippen LogP contribution in [0, 0.1) is 5.92 Å². The normalized spacial score (nSPS) is 15.6. The van der Waals surface area contributed by atoms with Gasteiger partial charge in [-0.1, -0.05) is 13.8 Å². The van der Waals surface area contributed by atoms with Crippen molar-refractivity contribution in [1.82, 2.24) is 9.78 Å². The van der Waals surface area contributed by atoms with Crippen LogP contribution in [-0.2, 0) is 13.0 Å². The highest BCUT2D eigenvalue weighted by atomic mass is 16.3. The van der Waals surface area contributed by atoms with Crippen LogP contribution in [0.5, 0.6) is 0 Å². The molecule has 1 heterocycles. The van der Waals surface area contributed by atoms with Gasteiger partial charge in [-0.3, -0.25) is 4.68 Å². The predicted octanol–water partition coefficient (Wildman–Crippen LogP) is 0.791. The van der Waals surface area contributed by atoms with E-state index >= 15 is 0 Å². The first-order valence-corrected chi connectivity index (χ1v) is 5.34. The summed E-state index contributed by atoms with van der Waals surface area (Å²) in [6, 6.07) is 0. The number of aliphatic hydroxyl groups is 1. The number of hydrogen-bond acceptors (Lipinski definition) is 3. The van der Waals surface area contributed by atoms with Crippen molar-refractivity contribution in [3.05, 3.63) is 18.0 Å². The molecule has 0 aromatic carbocycles. The second-order valence-corrected chi connectivity index (χ2v) is 4.95. The van der Waals surface area contributed by atoms with Crippen molar-refractivity contribution in [3.63, 3.8) is 0 Å². The Morgan fingerprint density at radius 2 is 2.27 bits per heavy atom. The van der Waals surface area contributed by atoms with Crippen molar-refractivity contribution in [2.24, 2.45) is 11.7 Å². The Bertz CT molecular complexity index is 305. The number of aliphatic hydroxyl groups excluding tert-OH is 1. The summed E-state index contributed by atoms with van der Waals surface area (Å²) in [5.41, 5.74) is 6.40. The van der Waals surface area contributed by atoms with Crippen LogP contribution in [0.4, 0.5) is 0 Å². The largest absolute Gasteiger partial charge is 0.394 e. The van der Waals surface area contributed by atoms with Crippen molar-refractivity contribution in [2.45, 2.75) is 39.3 Å². The van der Waals surface area contributed by atoms with Gasteiger partial charge in [0.25, 0.3) is 0 Å². The van der Waals surface area contributed by atoms with Gasteiger partial charge in [-0.05, 0) is 24.8 Å². The van der Waals surface area contributed by atoms with E-state index in [1.807, 2.05) is 24.0 Å². The Balaban J connectivity index is 2.60. The van der Waals surface area contributed by atoms with Gasteiger partial charge in [0.2, 0.25) is 0 Å². The molecule has 1 atom stereocenters. The van der Waals surface area contributed by atoms with Gasteiger partial charge in [-0.25, -0.2) is 0 Å². The fourth-order valence-corrected chi connectivity index (χ4v) is 1.49. The maximum Gasteiger partial charge on any atom is 0.0611 e. The first-order chi connectivity index (χ1) is 6.93. The molecule has 1 rings (SSSR count). The lowest BCUT2D eigenvalue weighted by Crippen LogP contribution is -2.42. The molecule has 0 radical (unpaired) electrons. The van der Waals surface area contributed by atoms with Gasteiger partial charge in [-0.2, -0.15) is 5.10 Å². The number of nitrogens with two attached hydrogens (primary N) is 1. The number of nitrogens with zero attached hydrogens (tertiary/aromatic N) is 2. The minimum atomic E-state index is -0.550. The zero-order chi connectivity index (χ0) is 11.5. The van der Waals surface area contributed by atoms with E-state index in [0.717, 1.165) is 12.1 Å². The van der Waals surface area contributed by atoms with Crippen LogP contribution in [0.1, 0.15) is 26.3 Å². The van der Waals surface area contributed by atoms with Gasteiger partial charge < -0.3 is 10.8 Å². The molecule has 15 heavy (non-hydrogen) atoms. The highest BCUT2D eigenvalue weighted by Gasteiger charge is 2.18. The lowest BCUT2D eigenvalue weighted by molar-refractivity contribution is 0.208. The van der Waals surface area contributed by atoms with Gasteiger partial charge in [0.05, 0.1) is 12.8 Å². The summed E-state index contributed by atoms with van der Waals surface area (Å²) in [4.78, 5) is 0. The molecule has 86 valence electrons. The summed E-state index contributed by atoms with van der Waals surface area (Å²) in [6.07, 6.45) is 4.48. The summed E-state index contributed by atoms with van der Waals surface area (Å²) >= 11 is 0. The van der Waals surface area contributed by atoms with Crippen LogP contribution in [0.3, 0.4) is 0 Å². The van der Waals surface area contributed by atoms with Crippen LogP contribution >= 0.6 is 0 Å². The second kappa shape index (κ2) is 4.77. The average Bonchev–Trinajstić information content (AvgIpc) is 2.50. The molecular formula is C11H21N3O. The van der Waals surface area contributed by atoms with Crippen LogP contribution < -0.4 is 5.73 Å². The molecule has 3 N–H and O–H groups in total. The van der Waals surface area contributed by atoms with Crippen LogP contribution in [-0.4, -0.2) is 27.0 Å². The van der Waals surface area contributed by atoms with Crippen molar-refractivity contribution in [2.75, 3.05) is 6.61 Å². The third-order valence-electron chi connectivity index (χ3n) is 2.21. The predicted molar refractivity (Wildman–Crippen MR) is 60.4 cm³/mol. The molecule has 1 aromatic rings. The van der Waals surface area contributed by atoms with Gasteiger partial charge in [-0.15, -0.1) is 0 Å². The van der Waals surface area contributed by atoms with Gasteiger partial charge in [0.15, 0.2) is 0 Å². The van der Waals surface area contributed by atoms with Gasteiger partial charge in [0, 0.05) is 18.3 Å². The number of hydrogen-bond donors (Lipinski definition) is 2. The third-order valence-corrected chi connectivity index (χ3v) is 2.21. The van der Waals surface area contributed by atoms with E-state index < -0.39 is 5.54 Å². The lowest BCUT2D eigenvalue weighted by Gasteiger charge is -2.20. The first-order valence-electron chi connectivity index (χ1n) is 5.34. The second-order valence-electron chi connectivity index (χ2n) is 4.95. The van der Waals surface area contributed by atoms with Gasteiger partial charge >= 0.3 is 0 Å². The fraction of sp³-hybridized carbons (Fsp3) is 0.727. The molecule has 0 spiro atoms. The van der Waals surface area contributed by atoms with E-state index in [1.54, 1.807) is 0 Å². The van der Waals surface area contributed by atoms with E-state index in [-0.39, 0.29) is 6.61 Å². The van der Waals surface area contributed by atoms with E-state index in [0.29, 0.717) is 12.3 Å². The molecule has 0 saturated carbocycles. The molecule has 4 nitrogen and oxygen atoms in total. The van der Waals surface area contributed by atoms with E-state index in [1.165, 1.54) is 0 Å². The maximum absolute atomic E-state index is 9.06. The minimum Gasteiger partial charge on any atom is -0.394 e. The number of aromatic nitrogens is 2. The molecule has 0 saturated heterocycles. The van der Waals surface area contributed by atoms with Crippen molar-refractivity contribution in [3.8, 4) is 0 Å². The third kappa shape index (κ3) is 4.01. The zero-order valence-electron chi connectivity index (χ0n) is 9.77. The highest BCUT2D eigenvalue weighted by Crippen LogP contribution is 2.10. The van der Waals surface area contributed by atoms with Crippen LogP contribution in [0.2, 0.25) is 0 Å². The van der Waals surface area contributed by atoms with Crippen molar-refractivity contribution < 1.29 is 5.11 Å². The smallest absolute Gasteiger partial charge is 0.0611 e. The lowest BCUT2D eigenvalue weighted by atomic mass is 9.97. The Hall–Kier alpha value is -0.870. The van der Waals surface area contributed by atoms with Crippen molar-refractivity contribution >= 4 is 0 Å². The average molecular weight is 211 g/mol. The molecular weight excluding hydrogens is 190 g/mol. The van der Waals surface area contributed by atoms with Crippen LogP contribution in [0.15, 0.2) is 12.4 Å². The molecule has 4 heteroatoms. The molecule has 0 fully saturated rings. The topological polar surface area (TPSA) is 64.1 Å².